The number of hydrogen-bond donors (Lipinski definition) is 0. The van der Waals surface area contributed by atoms with Gasteiger partial charge >= 0.3 is 5.97 Å². The van der Waals surface area contributed by atoms with Crippen molar-refractivity contribution in [1.29, 1.82) is 0 Å². The Hall–Kier alpha value is -2.99. The predicted molar refractivity (Wildman–Crippen MR) is 90.1 cm³/mol. The number of benzene rings is 2. The molecule has 0 bridgehead atoms. The van der Waals surface area contributed by atoms with Gasteiger partial charge in [0, 0.05) is 16.7 Å². The second kappa shape index (κ2) is 8.45. The summed E-state index contributed by atoms with van der Waals surface area (Å²) in [7, 11) is 0. The van der Waals surface area contributed by atoms with Gasteiger partial charge in [0.1, 0.15) is 19.0 Å². The standard InChI is InChI=1S/C20H18O3/c1-16(2)20(21)23-15-14-22-19-12-10-18(11-13-19)9-8-17-6-4-3-5-7-17/h3-7,10-13H,1,14-15H2,2H3. The van der Waals surface area contributed by atoms with E-state index in [1.165, 1.54) is 0 Å². The summed E-state index contributed by atoms with van der Waals surface area (Å²) in [6.07, 6.45) is 0. The first-order chi connectivity index (χ1) is 11.1. The van der Waals surface area contributed by atoms with E-state index in [0.717, 1.165) is 11.1 Å². The summed E-state index contributed by atoms with van der Waals surface area (Å²) in [5, 5.41) is 0. The van der Waals surface area contributed by atoms with Crippen molar-refractivity contribution < 1.29 is 14.3 Å². The first kappa shape index (κ1) is 16.4. The first-order valence-corrected chi connectivity index (χ1v) is 7.28. The van der Waals surface area contributed by atoms with Crippen LogP contribution in [0.15, 0.2) is 66.7 Å². The van der Waals surface area contributed by atoms with Crippen LogP contribution < -0.4 is 4.74 Å². The van der Waals surface area contributed by atoms with Gasteiger partial charge < -0.3 is 9.47 Å². The molecule has 0 aromatic heterocycles. The van der Waals surface area contributed by atoms with Gasteiger partial charge in [0.05, 0.1) is 0 Å². The van der Waals surface area contributed by atoms with Gasteiger partial charge in [-0.3, -0.25) is 0 Å². The Bertz CT molecular complexity index is 719. The highest BCUT2D eigenvalue weighted by atomic mass is 16.6. The zero-order valence-corrected chi connectivity index (χ0v) is 13.0. The van der Waals surface area contributed by atoms with Gasteiger partial charge in [-0.25, -0.2) is 4.79 Å². The summed E-state index contributed by atoms with van der Waals surface area (Å²) in [6, 6.07) is 17.3. The Labute approximate surface area is 136 Å². The molecule has 2 aromatic carbocycles. The Morgan fingerprint density at radius 1 is 0.957 bits per heavy atom. The van der Waals surface area contributed by atoms with Crippen LogP contribution in [0.4, 0.5) is 0 Å². The van der Waals surface area contributed by atoms with Crippen molar-refractivity contribution in [2.24, 2.45) is 0 Å². The van der Waals surface area contributed by atoms with Gasteiger partial charge in [-0.1, -0.05) is 36.6 Å². The smallest absolute Gasteiger partial charge is 0.333 e. The van der Waals surface area contributed by atoms with Crippen LogP contribution in [-0.4, -0.2) is 19.2 Å². The van der Waals surface area contributed by atoms with Crippen molar-refractivity contribution in [2.75, 3.05) is 13.2 Å². The topological polar surface area (TPSA) is 35.5 Å². The average molecular weight is 306 g/mol. The fourth-order valence-electron chi connectivity index (χ4n) is 1.72. The summed E-state index contributed by atoms with van der Waals surface area (Å²) >= 11 is 0. The molecule has 0 atom stereocenters. The first-order valence-electron chi connectivity index (χ1n) is 7.28. The van der Waals surface area contributed by atoms with Gasteiger partial charge in [-0.15, -0.1) is 0 Å². The molecule has 23 heavy (non-hydrogen) atoms. The quantitative estimate of drug-likeness (QED) is 0.366. The fourth-order valence-corrected chi connectivity index (χ4v) is 1.72. The molecule has 2 rings (SSSR count). The van der Waals surface area contributed by atoms with E-state index in [0.29, 0.717) is 17.9 Å². The second-order valence-electron chi connectivity index (χ2n) is 4.91. The predicted octanol–water partition coefficient (Wildman–Crippen LogP) is 3.58. The molecule has 3 heteroatoms. The van der Waals surface area contributed by atoms with Crippen LogP contribution in [0.25, 0.3) is 0 Å². The molecule has 0 aliphatic carbocycles. The third kappa shape index (κ3) is 5.72. The summed E-state index contributed by atoms with van der Waals surface area (Å²) in [5.41, 5.74) is 2.27. The van der Waals surface area contributed by atoms with Crippen molar-refractivity contribution in [3.8, 4) is 17.6 Å². The van der Waals surface area contributed by atoms with Gasteiger partial charge in [-0.05, 0) is 43.3 Å². The Balaban J connectivity index is 1.82. The Morgan fingerprint density at radius 2 is 1.57 bits per heavy atom. The van der Waals surface area contributed by atoms with Crippen LogP contribution in [0.3, 0.4) is 0 Å². The minimum absolute atomic E-state index is 0.196. The van der Waals surface area contributed by atoms with Gasteiger partial charge in [0.15, 0.2) is 0 Å². The van der Waals surface area contributed by atoms with Crippen molar-refractivity contribution in [3.05, 3.63) is 77.9 Å². The van der Waals surface area contributed by atoms with E-state index >= 15 is 0 Å². The maximum absolute atomic E-state index is 11.2. The Kier molecular flexibility index (Phi) is 6.02. The zero-order valence-electron chi connectivity index (χ0n) is 13.0. The summed E-state index contributed by atoms with van der Waals surface area (Å²) in [6.45, 7) is 5.62. The van der Waals surface area contributed by atoms with Crippen LogP contribution >= 0.6 is 0 Å². The highest BCUT2D eigenvalue weighted by molar-refractivity contribution is 5.86. The number of rotatable bonds is 5. The van der Waals surface area contributed by atoms with Crippen molar-refractivity contribution in [3.63, 3.8) is 0 Å². The summed E-state index contributed by atoms with van der Waals surface area (Å²) in [4.78, 5) is 11.2. The molecule has 0 aliphatic heterocycles. The molecule has 0 saturated carbocycles. The lowest BCUT2D eigenvalue weighted by atomic mass is 10.2. The molecule has 0 radical (unpaired) electrons. The summed E-state index contributed by atoms with van der Waals surface area (Å²) in [5.74, 6) is 6.50. The fraction of sp³-hybridized carbons (Fsp3) is 0.150. The molecule has 0 saturated heterocycles. The number of esters is 1. The molecule has 2 aromatic rings. The monoisotopic (exact) mass is 306 g/mol. The van der Waals surface area contributed by atoms with Crippen LogP contribution in [-0.2, 0) is 9.53 Å². The molecule has 0 spiro atoms. The molecular formula is C20H18O3. The maximum Gasteiger partial charge on any atom is 0.333 e. The van der Waals surface area contributed by atoms with E-state index < -0.39 is 5.97 Å². The molecule has 3 nitrogen and oxygen atoms in total. The third-order valence-corrected chi connectivity index (χ3v) is 2.91. The Morgan fingerprint density at radius 3 is 2.17 bits per heavy atom. The molecule has 0 N–H and O–H groups in total. The molecule has 0 unspecified atom stereocenters. The largest absolute Gasteiger partial charge is 0.490 e. The third-order valence-electron chi connectivity index (χ3n) is 2.91. The average Bonchev–Trinajstić information content (AvgIpc) is 2.58. The maximum atomic E-state index is 11.2. The zero-order chi connectivity index (χ0) is 16.5. The lowest BCUT2D eigenvalue weighted by Gasteiger charge is -2.07. The molecule has 0 aliphatic rings. The van der Waals surface area contributed by atoms with Crippen LogP contribution in [0.5, 0.6) is 5.75 Å². The van der Waals surface area contributed by atoms with Crippen molar-refractivity contribution in [1.82, 2.24) is 0 Å². The minimum Gasteiger partial charge on any atom is -0.490 e. The van der Waals surface area contributed by atoms with Gasteiger partial charge in [0.2, 0.25) is 0 Å². The van der Waals surface area contributed by atoms with Crippen molar-refractivity contribution in [2.45, 2.75) is 6.92 Å². The number of carbonyl (C=O) groups excluding carboxylic acids is 1. The van der Waals surface area contributed by atoms with Crippen LogP contribution in [0.1, 0.15) is 18.1 Å². The number of carbonyl (C=O) groups is 1. The van der Waals surface area contributed by atoms with Crippen LogP contribution in [0.2, 0.25) is 0 Å². The van der Waals surface area contributed by atoms with E-state index in [1.54, 1.807) is 6.92 Å². The molecule has 116 valence electrons. The van der Waals surface area contributed by atoms with Crippen molar-refractivity contribution >= 4 is 5.97 Å². The summed E-state index contributed by atoms with van der Waals surface area (Å²) < 4.78 is 10.4. The highest BCUT2D eigenvalue weighted by Gasteiger charge is 2.02. The van der Waals surface area contributed by atoms with Crippen LogP contribution in [0, 0.1) is 11.8 Å². The van der Waals surface area contributed by atoms with Gasteiger partial charge in [0.25, 0.3) is 0 Å². The molecule has 0 heterocycles. The minimum atomic E-state index is -0.403. The van der Waals surface area contributed by atoms with Gasteiger partial charge in [-0.2, -0.15) is 0 Å². The lowest BCUT2D eigenvalue weighted by Crippen LogP contribution is -2.12. The van der Waals surface area contributed by atoms with E-state index in [-0.39, 0.29) is 6.61 Å². The normalized spacial score (nSPS) is 9.43. The number of ether oxygens (including phenoxy) is 2. The molecule has 0 fully saturated rings. The van der Waals surface area contributed by atoms with E-state index in [9.17, 15) is 4.79 Å². The second-order valence-corrected chi connectivity index (χ2v) is 4.91. The molecular weight excluding hydrogens is 288 g/mol. The lowest BCUT2D eigenvalue weighted by molar-refractivity contribution is -0.139. The highest BCUT2D eigenvalue weighted by Crippen LogP contribution is 2.11. The SMILES string of the molecule is C=C(C)C(=O)OCCOc1ccc(C#Cc2ccccc2)cc1. The van der Waals surface area contributed by atoms with E-state index in [1.807, 2.05) is 54.6 Å². The number of hydrogen-bond acceptors (Lipinski definition) is 3. The van der Waals surface area contributed by atoms with E-state index in [4.69, 9.17) is 9.47 Å². The molecule has 0 amide bonds. The van der Waals surface area contributed by atoms with E-state index in [2.05, 4.69) is 18.4 Å².